The van der Waals surface area contributed by atoms with Gasteiger partial charge in [0.25, 0.3) is 0 Å². The van der Waals surface area contributed by atoms with Crippen LogP contribution in [0.25, 0.3) is 0 Å². The van der Waals surface area contributed by atoms with Gasteiger partial charge < -0.3 is 15.0 Å². The van der Waals surface area contributed by atoms with Crippen molar-refractivity contribution in [3.05, 3.63) is 24.3 Å². The Morgan fingerprint density at radius 3 is 2.50 bits per heavy atom. The molecule has 1 aromatic rings. The number of ether oxygens (including phenoxy) is 1. The van der Waals surface area contributed by atoms with E-state index in [-0.39, 0.29) is 0 Å². The minimum atomic E-state index is 0.908. The summed E-state index contributed by atoms with van der Waals surface area (Å²) in [6.07, 6.45) is 2.70. The molecule has 1 heterocycles. The van der Waals surface area contributed by atoms with Crippen LogP contribution in [-0.4, -0.2) is 38.2 Å². The summed E-state index contributed by atoms with van der Waals surface area (Å²) < 4.78 is 5.14. The summed E-state index contributed by atoms with van der Waals surface area (Å²) in [5.41, 5.74) is 1.17. The second kappa shape index (κ2) is 6.64. The number of nitrogens with one attached hydrogen (secondary N) is 1. The third-order valence-corrected chi connectivity index (χ3v) is 3.72. The average molecular weight is 248 g/mol. The molecule has 1 aliphatic heterocycles. The lowest BCUT2D eigenvalue weighted by Crippen LogP contribution is -2.36. The Kier molecular flexibility index (Phi) is 4.88. The van der Waals surface area contributed by atoms with Crippen LogP contribution in [0.15, 0.2) is 24.3 Å². The van der Waals surface area contributed by atoms with E-state index in [0.717, 1.165) is 24.8 Å². The Morgan fingerprint density at radius 2 is 1.89 bits per heavy atom. The largest absolute Gasteiger partial charge is 0.497 e. The molecule has 0 aromatic heterocycles. The zero-order valence-corrected chi connectivity index (χ0v) is 11.5. The smallest absolute Gasteiger partial charge is 0.119 e. The lowest BCUT2D eigenvalue weighted by atomic mass is 9.99. The first kappa shape index (κ1) is 13.2. The van der Waals surface area contributed by atoms with Gasteiger partial charge >= 0.3 is 0 Å². The molecule has 0 amide bonds. The Labute approximate surface area is 110 Å². The van der Waals surface area contributed by atoms with Crippen molar-refractivity contribution >= 4 is 5.69 Å². The molecule has 1 saturated heterocycles. The fraction of sp³-hybridized carbons (Fsp3) is 0.600. The van der Waals surface area contributed by atoms with Crippen LogP contribution in [0.1, 0.15) is 19.8 Å². The zero-order chi connectivity index (χ0) is 12.8. The van der Waals surface area contributed by atoms with Gasteiger partial charge in [-0.25, -0.2) is 0 Å². The number of hydrogen-bond acceptors (Lipinski definition) is 3. The lowest BCUT2D eigenvalue weighted by Gasteiger charge is -2.30. The SMILES string of the molecule is COc1ccc(NCCN2CCC(C)CC2)cc1. The minimum Gasteiger partial charge on any atom is -0.497 e. The van der Waals surface area contributed by atoms with Crippen LogP contribution in [0.3, 0.4) is 0 Å². The highest BCUT2D eigenvalue weighted by Crippen LogP contribution is 2.16. The molecule has 1 aliphatic rings. The van der Waals surface area contributed by atoms with Crippen LogP contribution in [-0.2, 0) is 0 Å². The fourth-order valence-corrected chi connectivity index (χ4v) is 2.35. The fourth-order valence-electron chi connectivity index (χ4n) is 2.35. The first-order valence-electron chi connectivity index (χ1n) is 6.88. The maximum absolute atomic E-state index is 5.14. The second-order valence-corrected chi connectivity index (χ2v) is 5.18. The monoisotopic (exact) mass is 248 g/mol. The number of rotatable bonds is 5. The maximum atomic E-state index is 5.14. The first-order chi connectivity index (χ1) is 8.78. The molecule has 2 rings (SSSR count). The van der Waals surface area contributed by atoms with Gasteiger partial charge in [-0.15, -0.1) is 0 Å². The average Bonchev–Trinajstić information content (AvgIpc) is 2.42. The number of anilines is 1. The number of nitrogens with zero attached hydrogens (tertiary/aromatic N) is 1. The van der Waals surface area contributed by atoms with E-state index in [1.165, 1.54) is 31.6 Å². The quantitative estimate of drug-likeness (QED) is 0.867. The molecule has 1 aromatic carbocycles. The molecule has 0 bridgehead atoms. The molecule has 18 heavy (non-hydrogen) atoms. The Hall–Kier alpha value is -1.22. The van der Waals surface area contributed by atoms with E-state index in [1.807, 2.05) is 12.1 Å². The van der Waals surface area contributed by atoms with E-state index >= 15 is 0 Å². The van der Waals surface area contributed by atoms with Crippen molar-refractivity contribution in [2.24, 2.45) is 5.92 Å². The Bertz CT molecular complexity index is 342. The highest BCUT2D eigenvalue weighted by atomic mass is 16.5. The van der Waals surface area contributed by atoms with Crippen molar-refractivity contribution in [1.29, 1.82) is 0 Å². The molecular formula is C15H24N2O. The van der Waals surface area contributed by atoms with E-state index in [9.17, 15) is 0 Å². The van der Waals surface area contributed by atoms with E-state index < -0.39 is 0 Å². The number of hydrogen-bond donors (Lipinski definition) is 1. The van der Waals surface area contributed by atoms with Gasteiger partial charge in [-0.3, -0.25) is 0 Å². The number of likely N-dealkylation sites (tertiary alicyclic amines) is 1. The summed E-state index contributed by atoms with van der Waals surface area (Å²) in [5.74, 6) is 1.82. The third kappa shape index (κ3) is 3.91. The highest BCUT2D eigenvalue weighted by molar-refractivity contribution is 5.46. The van der Waals surface area contributed by atoms with E-state index in [0.29, 0.717) is 0 Å². The summed E-state index contributed by atoms with van der Waals surface area (Å²) in [6, 6.07) is 8.12. The van der Waals surface area contributed by atoms with Crippen molar-refractivity contribution < 1.29 is 4.74 Å². The van der Waals surface area contributed by atoms with Crippen LogP contribution < -0.4 is 10.1 Å². The predicted molar refractivity (Wildman–Crippen MR) is 76.3 cm³/mol. The molecule has 0 atom stereocenters. The van der Waals surface area contributed by atoms with E-state index in [2.05, 4.69) is 29.3 Å². The van der Waals surface area contributed by atoms with Gasteiger partial charge in [0.05, 0.1) is 7.11 Å². The number of methoxy groups -OCH3 is 1. The van der Waals surface area contributed by atoms with Crippen molar-refractivity contribution in [3.8, 4) is 5.75 Å². The molecule has 0 saturated carbocycles. The lowest BCUT2D eigenvalue weighted by molar-refractivity contribution is 0.199. The van der Waals surface area contributed by atoms with Gasteiger partial charge in [0.15, 0.2) is 0 Å². The summed E-state index contributed by atoms with van der Waals surface area (Å²) in [4.78, 5) is 2.55. The Morgan fingerprint density at radius 1 is 1.22 bits per heavy atom. The molecular weight excluding hydrogens is 224 g/mol. The van der Waals surface area contributed by atoms with Crippen LogP contribution >= 0.6 is 0 Å². The van der Waals surface area contributed by atoms with Gasteiger partial charge in [0, 0.05) is 18.8 Å². The summed E-state index contributed by atoms with van der Waals surface area (Å²) in [5, 5.41) is 3.46. The Balaban J connectivity index is 1.68. The summed E-state index contributed by atoms with van der Waals surface area (Å²) in [7, 11) is 1.69. The van der Waals surface area contributed by atoms with Gasteiger partial charge in [-0.2, -0.15) is 0 Å². The molecule has 0 aliphatic carbocycles. The zero-order valence-electron chi connectivity index (χ0n) is 11.5. The normalized spacial score (nSPS) is 17.7. The molecule has 0 unspecified atom stereocenters. The van der Waals surface area contributed by atoms with Gasteiger partial charge in [-0.05, 0) is 56.1 Å². The maximum Gasteiger partial charge on any atom is 0.119 e. The van der Waals surface area contributed by atoms with Gasteiger partial charge in [0.1, 0.15) is 5.75 Å². The molecule has 0 radical (unpaired) electrons. The molecule has 3 nitrogen and oxygen atoms in total. The van der Waals surface area contributed by atoms with Crippen molar-refractivity contribution in [1.82, 2.24) is 4.90 Å². The second-order valence-electron chi connectivity index (χ2n) is 5.18. The highest BCUT2D eigenvalue weighted by Gasteiger charge is 2.14. The van der Waals surface area contributed by atoms with Crippen LogP contribution in [0.5, 0.6) is 5.75 Å². The standard InChI is InChI=1S/C15H24N2O/c1-13-7-10-17(11-8-13)12-9-16-14-3-5-15(18-2)6-4-14/h3-6,13,16H,7-12H2,1-2H3. The molecule has 100 valence electrons. The van der Waals surface area contributed by atoms with E-state index in [1.54, 1.807) is 7.11 Å². The molecule has 1 fully saturated rings. The predicted octanol–water partition coefficient (Wildman–Crippen LogP) is 2.84. The van der Waals surface area contributed by atoms with Crippen molar-refractivity contribution in [3.63, 3.8) is 0 Å². The van der Waals surface area contributed by atoms with Gasteiger partial charge in [-0.1, -0.05) is 6.92 Å². The minimum absolute atomic E-state index is 0.908. The molecule has 0 spiro atoms. The van der Waals surface area contributed by atoms with Crippen molar-refractivity contribution in [2.75, 3.05) is 38.6 Å². The number of piperidine rings is 1. The topological polar surface area (TPSA) is 24.5 Å². The molecule has 3 heteroatoms. The van der Waals surface area contributed by atoms with Crippen molar-refractivity contribution in [2.45, 2.75) is 19.8 Å². The third-order valence-electron chi connectivity index (χ3n) is 3.72. The van der Waals surface area contributed by atoms with Gasteiger partial charge in [0.2, 0.25) is 0 Å². The summed E-state index contributed by atoms with van der Waals surface area (Å²) in [6.45, 7) is 7.02. The van der Waals surface area contributed by atoms with Crippen LogP contribution in [0, 0.1) is 5.92 Å². The van der Waals surface area contributed by atoms with E-state index in [4.69, 9.17) is 4.74 Å². The van der Waals surface area contributed by atoms with Crippen LogP contribution in [0.4, 0.5) is 5.69 Å². The number of benzene rings is 1. The molecule has 1 N–H and O–H groups in total. The first-order valence-corrected chi connectivity index (χ1v) is 6.88. The van der Waals surface area contributed by atoms with Crippen LogP contribution in [0.2, 0.25) is 0 Å². The summed E-state index contributed by atoms with van der Waals surface area (Å²) >= 11 is 0.